The van der Waals surface area contributed by atoms with E-state index in [1.165, 1.54) is 13.2 Å². The van der Waals surface area contributed by atoms with Crippen LogP contribution in [0.5, 0.6) is 0 Å². The molecule has 3 aromatic rings. The van der Waals surface area contributed by atoms with Gasteiger partial charge < -0.3 is 9.15 Å². The Morgan fingerprint density at radius 3 is 2.73 bits per heavy atom. The number of imide groups is 1. The van der Waals surface area contributed by atoms with E-state index in [1.54, 1.807) is 54.6 Å². The van der Waals surface area contributed by atoms with E-state index < -0.39 is 17.1 Å². The number of furan rings is 1. The third-order valence-corrected chi connectivity index (χ3v) is 6.07. The van der Waals surface area contributed by atoms with Gasteiger partial charge in [0.25, 0.3) is 11.1 Å². The molecule has 2 heterocycles. The Labute approximate surface area is 194 Å². The average molecular weight is 458 g/mol. The molecule has 7 nitrogen and oxygen atoms in total. The van der Waals surface area contributed by atoms with Crippen molar-refractivity contribution in [3.8, 4) is 17.4 Å². The Bertz CT molecular complexity index is 1350. The molecular weight excluding hydrogens is 440 g/mol. The van der Waals surface area contributed by atoms with Gasteiger partial charge in [0, 0.05) is 11.6 Å². The fourth-order valence-electron chi connectivity index (χ4n) is 3.41. The zero-order valence-electron chi connectivity index (χ0n) is 17.8. The topological polar surface area (TPSA) is 101 Å². The number of nitriles is 1. The highest BCUT2D eigenvalue weighted by Crippen LogP contribution is 2.35. The van der Waals surface area contributed by atoms with Gasteiger partial charge in [0.05, 0.1) is 35.8 Å². The molecule has 1 fully saturated rings. The fraction of sp³-hybridized carbons (Fsp3) is 0.120. The third kappa shape index (κ3) is 4.45. The second-order valence-electron chi connectivity index (χ2n) is 7.26. The summed E-state index contributed by atoms with van der Waals surface area (Å²) in [5.74, 6) is 0.0247. The molecule has 2 amide bonds. The van der Waals surface area contributed by atoms with Gasteiger partial charge in [-0.3, -0.25) is 14.5 Å². The van der Waals surface area contributed by atoms with Gasteiger partial charge in [-0.15, -0.1) is 0 Å². The monoisotopic (exact) mass is 458 g/mol. The normalized spacial score (nSPS) is 14.6. The summed E-state index contributed by atoms with van der Waals surface area (Å²) in [4.78, 5) is 38.5. The van der Waals surface area contributed by atoms with E-state index in [2.05, 4.69) is 6.07 Å². The molecule has 33 heavy (non-hydrogen) atoms. The summed E-state index contributed by atoms with van der Waals surface area (Å²) in [5.41, 5.74) is 3.04. The number of ether oxygens (including phenoxy) is 1. The van der Waals surface area contributed by atoms with E-state index in [4.69, 9.17) is 9.15 Å². The number of rotatable bonds is 5. The van der Waals surface area contributed by atoms with Crippen molar-refractivity contribution >= 4 is 35.0 Å². The minimum absolute atomic E-state index is 0.0225. The number of hydrogen-bond acceptors (Lipinski definition) is 7. The SMILES string of the molecule is COC(=O)c1ccc(C)c(-c2ccc(/C=C3/SC(=O)N(Cc4ccccc4C#N)C3=O)o2)c1. The number of nitrogens with zero attached hydrogens (tertiary/aromatic N) is 2. The molecule has 1 aromatic heterocycles. The summed E-state index contributed by atoms with van der Waals surface area (Å²) in [6.07, 6.45) is 1.52. The molecule has 0 bridgehead atoms. The number of hydrogen-bond donors (Lipinski definition) is 0. The summed E-state index contributed by atoms with van der Waals surface area (Å²) in [6, 6.07) is 17.5. The Balaban J connectivity index is 1.58. The average Bonchev–Trinajstić information content (AvgIpc) is 3.39. The minimum atomic E-state index is -0.449. The van der Waals surface area contributed by atoms with E-state index >= 15 is 0 Å². The Kier molecular flexibility index (Phi) is 6.16. The fourth-order valence-corrected chi connectivity index (χ4v) is 4.23. The second-order valence-corrected chi connectivity index (χ2v) is 8.25. The number of aryl methyl sites for hydroxylation is 1. The van der Waals surface area contributed by atoms with E-state index in [-0.39, 0.29) is 11.4 Å². The van der Waals surface area contributed by atoms with Crippen LogP contribution < -0.4 is 0 Å². The zero-order chi connectivity index (χ0) is 23.5. The highest BCUT2D eigenvalue weighted by atomic mass is 32.2. The van der Waals surface area contributed by atoms with Gasteiger partial charge >= 0.3 is 5.97 Å². The van der Waals surface area contributed by atoms with Crippen molar-refractivity contribution in [2.75, 3.05) is 7.11 Å². The van der Waals surface area contributed by atoms with Gasteiger partial charge in [0.1, 0.15) is 11.5 Å². The van der Waals surface area contributed by atoms with Gasteiger partial charge in [0.2, 0.25) is 0 Å². The van der Waals surface area contributed by atoms with E-state index in [0.29, 0.717) is 28.2 Å². The first-order chi connectivity index (χ1) is 15.9. The predicted octanol–water partition coefficient (Wildman–Crippen LogP) is 5.15. The summed E-state index contributed by atoms with van der Waals surface area (Å²) < 4.78 is 10.7. The maximum Gasteiger partial charge on any atom is 0.337 e. The lowest BCUT2D eigenvalue weighted by molar-refractivity contribution is -0.123. The second kappa shape index (κ2) is 9.18. The van der Waals surface area contributed by atoms with Crippen LogP contribution in [-0.2, 0) is 16.1 Å². The van der Waals surface area contributed by atoms with Crippen LogP contribution in [0.2, 0.25) is 0 Å². The molecule has 2 aromatic carbocycles. The number of carbonyl (C=O) groups excluding carboxylic acids is 3. The lowest BCUT2D eigenvalue weighted by Gasteiger charge is -2.13. The molecule has 1 saturated heterocycles. The molecule has 0 N–H and O–H groups in total. The van der Waals surface area contributed by atoms with Crippen molar-refractivity contribution in [1.29, 1.82) is 5.26 Å². The molecule has 0 radical (unpaired) electrons. The molecule has 0 unspecified atom stereocenters. The lowest BCUT2D eigenvalue weighted by Crippen LogP contribution is -2.27. The van der Waals surface area contributed by atoms with Crippen LogP contribution >= 0.6 is 11.8 Å². The first-order valence-electron chi connectivity index (χ1n) is 9.94. The van der Waals surface area contributed by atoms with E-state index in [0.717, 1.165) is 27.8 Å². The predicted molar refractivity (Wildman–Crippen MR) is 123 cm³/mol. The van der Waals surface area contributed by atoms with Gasteiger partial charge in [-0.25, -0.2) is 4.79 Å². The van der Waals surface area contributed by atoms with Crippen LogP contribution in [0.3, 0.4) is 0 Å². The van der Waals surface area contributed by atoms with Crippen molar-refractivity contribution in [3.63, 3.8) is 0 Å². The summed E-state index contributed by atoms with van der Waals surface area (Å²) >= 11 is 0.821. The molecular formula is C25H18N2O5S. The van der Waals surface area contributed by atoms with Crippen molar-refractivity contribution in [2.24, 2.45) is 0 Å². The molecule has 1 aliphatic rings. The van der Waals surface area contributed by atoms with Crippen molar-refractivity contribution in [3.05, 3.63) is 87.5 Å². The quantitative estimate of drug-likeness (QED) is 0.385. The largest absolute Gasteiger partial charge is 0.465 e. The van der Waals surface area contributed by atoms with Crippen molar-refractivity contribution < 1.29 is 23.5 Å². The summed E-state index contributed by atoms with van der Waals surface area (Å²) in [5, 5.41) is 8.85. The number of thioether (sulfide) groups is 1. The smallest absolute Gasteiger partial charge is 0.337 e. The standard InChI is InChI=1S/C25H18N2O5S/c1-15-7-8-16(24(29)31-2)11-20(15)21-10-9-19(32-21)12-22-23(28)27(25(30)33-22)14-18-6-4-3-5-17(18)13-26/h3-12H,14H2,1-2H3/b22-12+. The maximum absolute atomic E-state index is 12.8. The molecule has 8 heteroatoms. The summed E-state index contributed by atoms with van der Waals surface area (Å²) in [6.45, 7) is 1.91. The number of amides is 2. The third-order valence-electron chi connectivity index (χ3n) is 5.16. The molecule has 0 spiro atoms. The molecule has 0 saturated carbocycles. The van der Waals surface area contributed by atoms with Crippen LogP contribution in [0.4, 0.5) is 4.79 Å². The number of esters is 1. The first kappa shape index (κ1) is 22.1. The van der Waals surface area contributed by atoms with Crippen LogP contribution in [0, 0.1) is 18.3 Å². The highest BCUT2D eigenvalue weighted by molar-refractivity contribution is 8.18. The van der Waals surface area contributed by atoms with Crippen molar-refractivity contribution in [1.82, 2.24) is 4.90 Å². The van der Waals surface area contributed by atoms with Gasteiger partial charge in [-0.1, -0.05) is 24.3 Å². The van der Waals surface area contributed by atoms with Gasteiger partial charge in [0.15, 0.2) is 0 Å². The van der Waals surface area contributed by atoms with E-state index in [9.17, 15) is 19.6 Å². The Hall–Kier alpha value is -4.09. The Morgan fingerprint density at radius 2 is 1.97 bits per heavy atom. The van der Waals surface area contributed by atoms with E-state index in [1.807, 2.05) is 6.92 Å². The minimum Gasteiger partial charge on any atom is -0.465 e. The molecule has 0 atom stereocenters. The van der Waals surface area contributed by atoms with Crippen LogP contribution in [0.1, 0.15) is 32.8 Å². The lowest BCUT2D eigenvalue weighted by atomic mass is 10.0. The zero-order valence-corrected chi connectivity index (χ0v) is 18.6. The maximum atomic E-state index is 12.8. The van der Waals surface area contributed by atoms with Gasteiger partial charge in [-0.05, 0) is 60.1 Å². The number of carbonyl (C=O) groups is 3. The molecule has 0 aliphatic carbocycles. The Morgan fingerprint density at radius 1 is 1.18 bits per heavy atom. The van der Waals surface area contributed by atoms with Crippen LogP contribution in [-0.4, -0.2) is 29.1 Å². The molecule has 4 rings (SSSR count). The van der Waals surface area contributed by atoms with Gasteiger partial charge in [-0.2, -0.15) is 5.26 Å². The summed E-state index contributed by atoms with van der Waals surface area (Å²) in [7, 11) is 1.32. The van der Waals surface area contributed by atoms with Crippen molar-refractivity contribution in [2.45, 2.75) is 13.5 Å². The molecule has 164 valence electrons. The van der Waals surface area contributed by atoms with Crippen LogP contribution in [0.15, 0.2) is 63.9 Å². The van der Waals surface area contributed by atoms with Crippen LogP contribution in [0.25, 0.3) is 17.4 Å². The first-order valence-corrected chi connectivity index (χ1v) is 10.8. The number of benzene rings is 2. The highest BCUT2D eigenvalue weighted by Gasteiger charge is 2.35. The number of methoxy groups -OCH3 is 1. The molecule has 1 aliphatic heterocycles.